The van der Waals surface area contributed by atoms with Crippen molar-refractivity contribution >= 4 is 12.0 Å². The molecule has 0 unspecified atom stereocenters. The smallest absolute Gasteiger partial charge is 0.408 e. The second-order valence-electron chi connectivity index (χ2n) is 6.55. The van der Waals surface area contributed by atoms with Crippen LogP contribution in [0.25, 0.3) is 0 Å². The van der Waals surface area contributed by atoms with E-state index in [0.717, 1.165) is 6.42 Å². The van der Waals surface area contributed by atoms with Crippen LogP contribution in [-0.4, -0.2) is 41.6 Å². The number of hydrogen-bond donors (Lipinski definition) is 1. The zero-order valence-corrected chi connectivity index (χ0v) is 13.5. The van der Waals surface area contributed by atoms with Crippen molar-refractivity contribution in [3.8, 4) is 0 Å². The first-order chi connectivity index (χ1) is 10.3. The highest BCUT2D eigenvalue weighted by Crippen LogP contribution is 2.14. The van der Waals surface area contributed by atoms with Crippen LogP contribution in [0.2, 0.25) is 0 Å². The topological polar surface area (TPSA) is 58.6 Å². The fraction of sp³-hybridized carbons (Fsp3) is 0.529. The molecule has 1 aliphatic rings. The van der Waals surface area contributed by atoms with Gasteiger partial charge < -0.3 is 15.0 Å². The Labute approximate surface area is 131 Å². The van der Waals surface area contributed by atoms with E-state index >= 15 is 0 Å². The van der Waals surface area contributed by atoms with Crippen LogP contribution in [0.15, 0.2) is 30.3 Å². The summed E-state index contributed by atoms with van der Waals surface area (Å²) < 4.78 is 5.19. The third kappa shape index (κ3) is 4.76. The number of rotatable bonds is 4. The van der Waals surface area contributed by atoms with Crippen LogP contribution in [0.1, 0.15) is 32.8 Å². The first-order valence-electron chi connectivity index (χ1n) is 7.67. The molecule has 1 aromatic rings. The molecule has 0 saturated carbocycles. The monoisotopic (exact) mass is 304 g/mol. The fourth-order valence-electron chi connectivity index (χ4n) is 2.45. The average Bonchev–Trinajstić information content (AvgIpc) is 2.77. The quantitative estimate of drug-likeness (QED) is 0.929. The Morgan fingerprint density at radius 2 is 2.00 bits per heavy atom. The largest absolute Gasteiger partial charge is 0.444 e. The Hall–Kier alpha value is -2.04. The van der Waals surface area contributed by atoms with Gasteiger partial charge in [-0.15, -0.1) is 0 Å². The van der Waals surface area contributed by atoms with Gasteiger partial charge in [-0.1, -0.05) is 30.3 Å². The Morgan fingerprint density at radius 3 is 2.64 bits per heavy atom. The molecular formula is C17H24N2O3. The molecule has 0 spiro atoms. The highest BCUT2D eigenvalue weighted by molar-refractivity contribution is 5.87. The van der Waals surface area contributed by atoms with Crippen LogP contribution in [0, 0.1) is 0 Å². The first-order valence-corrected chi connectivity index (χ1v) is 7.67. The van der Waals surface area contributed by atoms with E-state index in [0.29, 0.717) is 19.5 Å². The Balaban J connectivity index is 1.81. The fourth-order valence-corrected chi connectivity index (χ4v) is 2.45. The van der Waals surface area contributed by atoms with Crippen molar-refractivity contribution in [3.63, 3.8) is 0 Å². The van der Waals surface area contributed by atoms with E-state index in [-0.39, 0.29) is 5.91 Å². The summed E-state index contributed by atoms with van der Waals surface area (Å²) in [6.45, 7) is 6.75. The lowest BCUT2D eigenvalue weighted by Gasteiger charge is -2.21. The van der Waals surface area contributed by atoms with E-state index in [1.54, 1.807) is 25.7 Å². The molecule has 1 atom stereocenters. The predicted molar refractivity (Wildman–Crippen MR) is 84.5 cm³/mol. The van der Waals surface area contributed by atoms with Crippen molar-refractivity contribution in [2.24, 2.45) is 0 Å². The second-order valence-corrected chi connectivity index (χ2v) is 6.55. The summed E-state index contributed by atoms with van der Waals surface area (Å²) in [5.41, 5.74) is 0.650. The van der Waals surface area contributed by atoms with Crippen molar-refractivity contribution in [3.05, 3.63) is 35.9 Å². The van der Waals surface area contributed by atoms with Crippen molar-refractivity contribution in [1.82, 2.24) is 10.2 Å². The molecule has 5 heteroatoms. The van der Waals surface area contributed by atoms with Gasteiger partial charge in [-0.3, -0.25) is 4.79 Å². The zero-order valence-electron chi connectivity index (χ0n) is 13.5. The lowest BCUT2D eigenvalue weighted by Crippen LogP contribution is -2.44. The molecule has 0 bridgehead atoms. The highest BCUT2D eigenvalue weighted by atomic mass is 16.6. The molecule has 5 nitrogen and oxygen atoms in total. The normalized spacial score (nSPS) is 18.4. The molecule has 0 radical (unpaired) electrons. The molecule has 120 valence electrons. The summed E-state index contributed by atoms with van der Waals surface area (Å²) in [5, 5.41) is 2.66. The summed E-state index contributed by atoms with van der Waals surface area (Å²) in [5.74, 6) is -0.0261. The Bertz CT molecular complexity index is 522. The van der Waals surface area contributed by atoms with E-state index < -0.39 is 17.7 Å². The van der Waals surface area contributed by atoms with Gasteiger partial charge in [0.05, 0.1) is 0 Å². The maximum atomic E-state index is 12.3. The lowest BCUT2D eigenvalue weighted by molar-refractivity contribution is -0.129. The van der Waals surface area contributed by atoms with Crippen LogP contribution < -0.4 is 5.32 Å². The van der Waals surface area contributed by atoms with Crippen LogP contribution in [0.4, 0.5) is 4.79 Å². The van der Waals surface area contributed by atoms with Crippen molar-refractivity contribution in [2.45, 2.75) is 45.3 Å². The number of ether oxygens (including phenoxy) is 1. The molecule has 1 heterocycles. The average molecular weight is 304 g/mol. The molecule has 1 aromatic carbocycles. The predicted octanol–water partition coefficient (Wildman–Crippen LogP) is 2.35. The van der Waals surface area contributed by atoms with Gasteiger partial charge in [0.15, 0.2) is 0 Å². The number of benzene rings is 1. The zero-order chi connectivity index (χ0) is 16.2. The van der Waals surface area contributed by atoms with Crippen LogP contribution in [-0.2, 0) is 16.0 Å². The summed E-state index contributed by atoms with van der Waals surface area (Å²) in [7, 11) is 0. The van der Waals surface area contributed by atoms with Gasteiger partial charge in [-0.05, 0) is 39.2 Å². The number of likely N-dealkylation sites (tertiary alicyclic amines) is 1. The molecule has 1 fully saturated rings. The van der Waals surface area contributed by atoms with Gasteiger partial charge in [0.25, 0.3) is 0 Å². The number of carbonyl (C=O) groups excluding carboxylic acids is 2. The number of nitrogens with one attached hydrogen (secondary N) is 1. The van der Waals surface area contributed by atoms with Crippen LogP contribution in [0.5, 0.6) is 0 Å². The summed E-state index contributed by atoms with van der Waals surface area (Å²) in [6, 6.07) is 9.60. The first kappa shape index (κ1) is 16.3. The number of hydrogen-bond acceptors (Lipinski definition) is 3. The Kier molecular flexibility index (Phi) is 5.06. The van der Waals surface area contributed by atoms with Crippen molar-refractivity contribution in [2.75, 3.05) is 13.1 Å². The number of alkyl carbamates (subject to hydrolysis) is 1. The molecule has 2 rings (SSSR count). The standard InChI is InChI=1S/C17H24N2O3/c1-17(2,3)22-16(21)18-14-10-12-19(15(14)20)11-9-13-7-5-4-6-8-13/h4-8,14H,9-12H2,1-3H3,(H,18,21)/t14-/m1/s1. The number of nitrogens with zero attached hydrogens (tertiary/aromatic N) is 1. The molecule has 2 amide bonds. The van der Waals surface area contributed by atoms with Gasteiger partial charge in [0, 0.05) is 13.1 Å². The molecule has 0 aliphatic carbocycles. The van der Waals surface area contributed by atoms with E-state index in [1.165, 1.54) is 5.56 Å². The van der Waals surface area contributed by atoms with E-state index in [9.17, 15) is 9.59 Å². The third-order valence-electron chi connectivity index (χ3n) is 3.50. The van der Waals surface area contributed by atoms with Gasteiger partial charge >= 0.3 is 6.09 Å². The second kappa shape index (κ2) is 6.81. The van der Waals surface area contributed by atoms with Gasteiger partial charge in [-0.25, -0.2) is 4.79 Å². The molecule has 22 heavy (non-hydrogen) atoms. The molecule has 1 saturated heterocycles. The van der Waals surface area contributed by atoms with Gasteiger partial charge in [-0.2, -0.15) is 0 Å². The van der Waals surface area contributed by atoms with Crippen molar-refractivity contribution in [1.29, 1.82) is 0 Å². The van der Waals surface area contributed by atoms with Crippen molar-refractivity contribution < 1.29 is 14.3 Å². The maximum Gasteiger partial charge on any atom is 0.408 e. The number of amides is 2. The van der Waals surface area contributed by atoms with Crippen LogP contribution in [0.3, 0.4) is 0 Å². The minimum Gasteiger partial charge on any atom is -0.444 e. The summed E-state index contributed by atoms with van der Waals surface area (Å²) in [6.07, 6.45) is 0.925. The van der Waals surface area contributed by atoms with E-state index in [2.05, 4.69) is 17.4 Å². The lowest BCUT2D eigenvalue weighted by atomic mass is 10.1. The summed E-state index contributed by atoms with van der Waals surface area (Å²) in [4.78, 5) is 25.8. The maximum absolute atomic E-state index is 12.3. The highest BCUT2D eigenvalue weighted by Gasteiger charge is 2.33. The molecule has 0 aromatic heterocycles. The molecular weight excluding hydrogens is 280 g/mol. The Morgan fingerprint density at radius 1 is 1.32 bits per heavy atom. The van der Waals surface area contributed by atoms with Gasteiger partial charge in [0.2, 0.25) is 5.91 Å². The number of carbonyl (C=O) groups is 2. The summed E-state index contributed by atoms with van der Waals surface area (Å²) >= 11 is 0. The minimum atomic E-state index is -0.557. The third-order valence-corrected chi connectivity index (χ3v) is 3.50. The van der Waals surface area contributed by atoms with Gasteiger partial charge in [0.1, 0.15) is 11.6 Å². The molecule has 1 N–H and O–H groups in total. The van der Waals surface area contributed by atoms with E-state index in [1.807, 2.05) is 18.2 Å². The van der Waals surface area contributed by atoms with Crippen LogP contribution >= 0.6 is 0 Å². The van der Waals surface area contributed by atoms with E-state index in [4.69, 9.17) is 4.74 Å². The molecule has 1 aliphatic heterocycles. The minimum absolute atomic E-state index is 0.0261. The SMILES string of the molecule is CC(C)(C)OC(=O)N[C@@H]1CCN(CCc2ccccc2)C1=O.